The van der Waals surface area contributed by atoms with Crippen molar-refractivity contribution >= 4 is 33.2 Å². The molecule has 0 radical (unpaired) electrons. The number of carbonyl (C=O) groups is 2. The van der Waals surface area contributed by atoms with Crippen molar-refractivity contribution in [2.75, 3.05) is 63.9 Å². The number of benzene rings is 2. The summed E-state index contributed by atoms with van der Waals surface area (Å²) < 4.78 is 33.1. The molecule has 0 saturated carbocycles. The molecular formula is C25H29N5O7S. The second-order valence-corrected chi connectivity index (χ2v) is 11.5. The zero-order chi connectivity index (χ0) is 26.9. The Labute approximate surface area is 220 Å². The highest BCUT2D eigenvalue weighted by molar-refractivity contribution is 7.89. The standard InChI is InChI=1S/C25H29N5O7S/c31-24-16-20(17-26-24)18-1-4-21(5-2-18)38(35,36)29-9-7-27(8-10-29)22-6-3-19(15-23(22)30(33)34)25(32)28-11-13-37-14-12-28/h1-6,15,20H,7-14,16-17H2,(H,26,31)/t20-/m1/s1. The van der Waals surface area contributed by atoms with Crippen molar-refractivity contribution in [1.82, 2.24) is 14.5 Å². The van der Waals surface area contributed by atoms with Gasteiger partial charge >= 0.3 is 0 Å². The maximum Gasteiger partial charge on any atom is 0.293 e. The molecule has 1 N–H and O–H groups in total. The smallest absolute Gasteiger partial charge is 0.293 e. The SMILES string of the molecule is O=C1C[C@@H](c2ccc(S(=O)(=O)N3CCN(c4ccc(C(=O)N5CCOCC5)cc4[N+](=O)[O-])CC3)cc2)CN1. The maximum atomic E-state index is 13.2. The number of hydrogen-bond donors (Lipinski definition) is 1. The van der Waals surface area contributed by atoms with Gasteiger partial charge in [-0.2, -0.15) is 4.31 Å². The number of ether oxygens (including phenoxy) is 1. The molecule has 2 aromatic carbocycles. The zero-order valence-corrected chi connectivity index (χ0v) is 21.6. The number of nitro groups is 1. The van der Waals surface area contributed by atoms with Gasteiger partial charge in [-0.1, -0.05) is 12.1 Å². The van der Waals surface area contributed by atoms with Crippen LogP contribution in [0, 0.1) is 10.1 Å². The number of hydrogen-bond acceptors (Lipinski definition) is 8. The highest BCUT2D eigenvalue weighted by atomic mass is 32.2. The lowest BCUT2D eigenvalue weighted by Crippen LogP contribution is -2.48. The Morgan fingerprint density at radius 1 is 1.00 bits per heavy atom. The van der Waals surface area contributed by atoms with Crippen molar-refractivity contribution < 1.29 is 27.7 Å². The monoisotopic (exact) mass is 543 g/mol. The molecule has 0 bridgehead atoms. The average Bonchev–Trinajstić information content (AvgIpc) is 3.39. The van der Waals surface area contributed by atoms with Crippen molar-refractivity contribution in [2.45, 2.75) is 17.2 Å². The number of amides is 2. The molecule has 3 aliphatic heterocycles. The molecule has 0 unspecified atom stereocenters. The summed E-state index contributed by atoms with van der Waals surface area (Å²) in [6.07, 6.45) is 0.391. The van der Waals surface area contributed by atoms with E-state index in [1.165, 1.54) is 10.4 Å². The third-order valence-electron chi connectivity index (χ3n) is 7.26. The fourth-order valence-corrected chi connectivity index (χ4v) is 6.51. The van der Waals surface area contributed by atoms with Crippen LogP contribution in [0.2, 0.25) is 0 Å². The van der Waals surface area contributed by atoms with E-state index in [9.17, 15) is 28.1 Å². The molecule has 202 valence electrons. The highest BCUT2D eigenvalue weighted by Crippen LogP contribution is 2.32. The Bertz CT molecular complexity index is 1330. The first-order chi connectivity index (χ1) is 18.2. The van der Waals surface area contributed by atoms with Crippen molar-refractivity contribution in [1.29, 1.82) is 0 Å². The number of sulfonamides is 1. The van der Waals surface area contributed by atoms with Gasteiger partial charge in [0.15, 0.2) is 0 Å². The molecule has 3 saturated heterocycles. The van der Waals surface area contributed by atoms with Crippen LogP contribution in [0.5, 0.6) is 0 Å². The van der Waals surface area contributed by atoms with E-state index in [1.54, 1.807) is 46.2 Å². The van der Waals surface area contributed by atoms with Crippen LogP contribution in [0.4, 0.5) is 11.4 Å². The first-order valence-corrected chi connectivity index (χ1v) is 14.0. The minimum Gasteiger partial charge on any atom is -0.378 e. The molecule has 3 heterocycles. The van der Waals surface area contributed by atoms with E-state index in [2.05, 4.69) is 5.32 Å². The van der Waals surface area contributed by atoms with Gasteiger partial charge in [-0.25, -0.2) is 8.42 Å². The van der Waals surface area contributed by atoms with Crippen LogP contribution in [-0.4, -0.2) is 93.4 Å². The van der Waals surface area contributed by atoms with Crippen LogP contribution in [0.3, 0.4) is 0 Å². The lowest BCUT2D eigenvalue weighted by Gasteiger charge is -2.35. The second kappa shape index (κ2) is 10.7. The Morgan fingerprint density at radius 2 is 1.68 bits per heavy atom. The van der Waals surface area contributed by atoms with Gasteiger partial charge in [0.05, 0.1) is 23.0 Å². The molecule has 0 spiro atoms. The number of nitrogens with one attached hydrogen (secondary N) is 1. The van der Waals surface area contributed by atoms with E-state index < -0.39 is 14.9 Å². The number of nitro benzene ring substituents is 1. The van der Waals surface area contributed by atoms with Gasteiger partial charge in [-0.3, -0.25) is 19.7 Å². The van der Waals surface area contributed by atoms with Crippen LogP contribution in [0.1, 0.15) is 28.3 Å². The highest BCUT2D eigenvalue weighted by Gasteiger charge is 2.32. The number of morpholine rings is 1. The predicted molar refractivity (Wildman–Crippen MR) is 138 cm³/mol. The number of rotatable bonds is 6. The van der Waals surface area contributed by atoms with Gasteiger partial charge in [0.2, 0.25) is 15.9 Å². The third-order valence-corrected chi connectivity index (χ3v) is 9.18. The largest absolute Gasteiger partial charge is 0.378 e. The van der Waals surface area contributed by atoms with E-state index >= 15 is 0 Å². The number of anilines is 1. The van der Waals surface area contributed by atoms with E-state index in [4.69, 9.17) is 4.74 Å². The van der Waals surface area contributed by atoms with Gasteiger partial charge in [-0.05, 0) is 29.8 Å². The van der Waals surface area contributed by atoms with E-state index in [1.807, 2.05) is 0 Å². The lowest BCUT2D eigenvalue weighted by atomic mass is 9.99. The Balaban J connectivity index is 1.27. The summed E-state index contributed by atoms with van der Waals surface area (Å²) in [4.78, 5) is 39.2. The van der Waals surface area contributed by atoms with Gasteiger partial charge in [-0.15, -0.1) is 0 Å². The van der Waals surface area contributed by atoms with Crippen LogP contribution in [0.15, 0.2) is 47.4 Å². The van der Waals surface area contributed by atoms with Crippen molar-refractivity contribution in [2.24, 2.45) is 0 Å². The summed E-state index contributed by atoms with van der Waals surface area (Å²) in [6.45, 7) is 3.14. The summed E-state index contributed by atoms with van der Waals surface area (Å²) in [7, 11) is -3.75. The molecule has 2 amide bonds. The molecule has 38 heavy (non-hydrogen) atoms. The number of carbonyl (C=O) groups excluding carboxylic acids is 2. The lowest BCUT2D eigenvalue weighted by molar-refractivity contribution is -0.384. The van der Waals surface area contributed by atoms with Gasteiger partial charge in [0.25, 0.3) is 11.6 Å². The van der Waals surface area contributed by atoms with E-state index in [-0.39, 0.29) is 60.1 Å². The summed E-state index contributed by atoms with van der Waals surface area (Å²) in [5, 5.41) is 14.7. The molecule has 0 aromatic heterocycles. The van der Waals surface area contributed by atoms with Crippen LogP contribution < -0.4 is 10.2 Å². The Hall–Kier alpha value is -3.55. The first-order valence-electron chi connectivity index (χ1n) is 12.5. The maximum absolute atomic E-state index is 13.2. The molecular weight excluding hydrogens is 514 g/mol. The molecule has 13 heteroatoms. The number of piperazine rings is 1. The predicted octanol–water partition coefficient (Wildman–Crippen LogP) is 1.18. The average molecular weight is 544 g/mol. The Morgan fingerprint density at radius 3 is 2.29 bits per heavy atom. The van der Waals surface area contributed by atoms with Crippen LogP contribution >= 0.6 is 0 Å². The first kappa shape index (κ1) is 26.1. The summed E-state index contributed by atoms with van der Waals surface area (Å²) in [5.74, 6) is -0.252. The fourth-order valence-electron chi connectivity index (χ4n) is 5.09. The van der Waals surface area contributed by atoms with E-state index in [0.717, 1.165) is 5.56 Å². The summed E-state index contributed by atoms with van der Waals surface area (Å²) in [5.41, 5.74) is 1.32. The molecule has 12 nitrogen and oxygen atoms in total. The molecule has 1 atom stereocenters. The van der Waals surface area contributed by atoms with Crippen molar-refractivity contribution in [3.05, 3.63) is 63.7 Å². The third kappa shape index (κ3) is 5.22. The van der Waals surface area contributed by atoms with Crippen molar-refractivity contribution in [3.8, 4) is 0 Å². The van der Waals surface area contributed by atoms with Gasteiger partial charge in [0, 0.05) is 69.8 Å². The van der Waals surface area contributed by atoms with Gasteiger partial charge < -0.3 is 19.9 Å². The molecule has 0 aliphatic carbocycles. The van der Waals surface area contributed by atoms with Crippen LogP contribution in [0.25, 0.3) is 0 Å². The Kier molecular flexibility index (Phi) is 7.32. The number of nitrogens with zero attached hydrogens (tertiary/aromatic N) is 4. The minimum atomic E-state index is -3.75. The summed E-state index contributed by atoms with van der Waals surface area (Å²) >= 11 is 0. The molecule has 5 rings (SSSR count). The molecule has 3 fully saturated rings. The van der Waals surface area contributed by atoms with Gasteiger partial charge in [0.1, 0.15) is 5.69 Å². The second-order valence-electron chi connectivity index (χ2n) is 9.53. The minimum absolute atomic E-state index is 0.0110. The normalized spacial score (nSPS) is 20.8. The van der Waals surface area contributed by atoms with Crippen molar-refractivity contribution in [3.63, 3.8) is 0 Å². The zero-order valence-electron chi connectivity index (χ0n) is 20.7. The molecule has 3 aliphatic rings. The van der Waals surface area contributed by atoms with Crippen LogP contribution in [-0.2, 0) is 19.6 Å². The fraction of sp³-hybridized carbons (Fsp3) is 0.440. The quantitative estimate of drug-likeness (QED) is 0.423. The van der Waals surface area contributed by atoms with E-state index in [0.29, 0.717) is 45.0 Å². The topological polar surface area (TPSA) is 142 Å². The molecule has 2 aromatic rings. The summed E-state index contributed by atoms with van der Waals surface area (Å²) in [6, 6.07) is 11.1.